The van der Waals surface area contributed by atoms with E-state index < -0.39 is 0 Å². The van der Waals surface area contributed by atoms with Crippen molar-refractivity contribution >= 4 is 29.0 Å². The molecule has 3 rings (SSSR count). The number of carbonyl (C=O) groups excluding carboxylic acids is 1. The first kappa shape index (κ1) is 17.8. The van der Waals surface area contributed by atoms with Gasteiger partial charge in [-0.3, -0.25) is 9.36 Å². The maximum Gasteiger partial charge on any atom is 0.233 e. The molecule has 4 nitrogen and oxygen atoms in total. The molecule has 6 heteroatoms. The van der Waals surface area contributed by atoms with E-state index in [-0.39, 0.29) is 5.91 Å². The molecule has 0 atom stereocenters. The highest BCUT2D eigenvalue weighted by Gasteiger charge is 2.13. The predicted octanol–water partition coefficient (Wildman–Crippen LogP) is 4.30. The number of imidazole rings is 1. The summed E-state index contributed by atoms with van der Waals surface area (Å²) in [6.45, 7) is 4.82. The van der Waals surface area contributed by atoms with E-state index in [2.05, 4.69) is 42.4 Å². The molecule has 2 aromatic heterocycles. The predicted molar refractivity (Wildman–Crippen MR) is 105 cm³/mol. The first-order chi connectivity index (χ1) is 12.0. The summed E-state index contributed by atoms with van der Waals surface area (Å²) < 4.78 is 2.04. The first-order valence-corrected chi connectivity index (χ1v) is 9.95. The van der Waals surface area contributed by atoms with Crippen molar-refractivity contribution < 1.29 is 4.79 Å². The van der Waals surface area contributed by atoms with Gasteiger partial charge in [0.1, 0.15) is 0 Å². The quantitative estimate of drug-likeness (QED) is 0.606. The highest BCUT2D eigenvalue weighted by Crippen LogP contribution is 2.22. The summed E-state index contributed by atoms with van der Waals surface area (Å²) in [5.74, 6) is 0.480. The summed E-state index contributed by atoms with van der Waals surface area (Å²) in [4.78, 5) is 18.6. The maximum absolute atomic E-state index is 12.4. The van der Waals surface area contributed by atoms with Gasteiger partial charge in [0.2, 0.25) is 5.91 Å². The minimum Gasteiger partial charge on any atom is -0.341 e. The monoisotopic (exact) mass is 371 g/mol. The average Bonchev–Trinajstić information content (AvgIpc) is 3.22. The number of benzene rings is 1. The summed E-state index contributed by atoms with van der Waals surface area (Å²) >= 11 is 3.12. The van der Waals surface area contributed by atoms with Gasteiger partial charge in [-0.1, -0.05) is 17.8 Å². The van der Waals surface area contributed by atoms with Gasteiger partial charge in [0, 0.05) is 31.7 Å². The SMILES string of the molecule is Cc1cc(C)cc(-n2ccnc2SCC(=O)N(C)Cc2ccsc2)c1. The number of hydrogen-bond acceptors (Lipinski definition) is 4. The second-order valence-corrected chi connectivity index (χ2v) is 7.82. The largest absolute Gasteiger partial charge is 0.341 e. The van der Waals surface area contributed by atoms with Crippen molar-refractivity contribution in [1.29, 1.82) is 0 Å². The van der Waals surface area contributed by atoms with Crippen LogP contribution in [0.25, 0.3) is 5.69 Å². The van der Waals surface area contributed by atoms with Crippen LogP contribution in [-0.2, 0) is 11.3 Å². The molecule has 0 aliphatic rings. The standard InChI is InChI=1S/C19H21N3OS2/c1-14-8-15(2)10-17(9-14)22-6-5-20-19(22)25-13-18(23)21(3)11-16-4-7-24-12-16/h4-10,12H,11,13H2,1-3H3. The van der Waals surface area contributed by atoms with Gasteiger partial charge in [-0.25, -0.2) is 4.98 Å². The first-order valence-electron chi connectivity index (χ1n) is 8.03. The second kappa shape index (κ2) is 7.89. The van der Waals surface area contributed by atoms with E-state index in [0.717, 1.165) is 10.8 Å². The van der Waals surface area contributed by atoms with Crippen LogP contribution in [0.4, 0.5) is 0 Å². The molecule has 0 aliphatic heterocycles. The number of amides is 1. The molecular formula is C19H21N3OS2. The molecule has 2 heterocycles. The lowest BCUT2D eigenvalue weighted by Gasteiger charge is -2.16. The average molecular weight is 372 g/mol. The van der Waals surface area contributed by atoms with E-state index in [1.54, 1.807) is 22.4 Å². The van der Waals surface area contributed by atoms with Crippen molar-refractivity contribution in [2.75, 3.05) is 12.8 Å². The van der Waals surface area contributed by atoms with E-state index in [1.807, 2.05) is 29.3 Å². The molecule has 1 amide bonds. The molecule has 0 saturated carbocycles. The third-order valence-electron chi connectivity index (χ3n) is 3.84. The van der Waals surface area contributed by atoms with Crippen LogP contribution < -0.4 is 0 Å². The Labute approximate surface area is 156 Å². The molecule has 0 unspecified atom stereocenters. The smallest absolute Gasteiger partial charge is 0.233 e. The fourth-order valence-corrected chi connectivity index (χ4v) is 4.24. The van der Waals surface area contributed by atoms with Crippen molar-refractivity contribution in [3.05, 3.63) is 64.1 Å². The fourth-order valence-electron chi connectivity index (χ4n) is 2.66. The van der Waals surface area contributed by atoms with E-state index in [4.69, 9.17) is 0 Å². The number of thiophene rings is 1. The number of carbonyl (C=O) groups is 1. The Kier molecular flexibility index (Phi) is 5.60. The molecule has 25 heavy (non-hydrogen) atoms. The summed E-state index contributed by atoms with van der Waals surface area (Å²) in [5.41, 5.74) is 4.68. The van der Waals surface area contributed by atoms with Crippen LogP contribution in [0.1, 0.15) is 16.7 Å². The van der Waals surface area contributed by atoms with Gasteiger partial charge in [-0.2, -0.15) is 11.3 Å². The number of rotatable bonds is 6. The molecule has 0 N–H and O–H groups in total. The molecule has 0 aliphatic carbocycles. The van der Waals surface area contributed by atoms with Gasteiger partial charge in [0.15, 0.2) is 5.16 Å². The van der Waals surface area contributed by atoms with Gasteiger partial charge in [0.05, 0.1) is 5.75 Å². The van der Waals surface area contributed by atoms with Crippen molar-refractivity contribution in [2.45, 2.75) is 25.5 Å². The molecule has 0 bridgehead atoms. The topological polar surface area (TPSA) is 38.1 Å². The lowest BCUT2D eigenvalue weighted by Crippen LogP contribution is -2.27. The molecule has 0 spiro atoms. The number of hydrogen-bond donors (Lipinski definition) is 0. The summed E-state index contributed by atoms with van der Waals surface area (Å²) in [6, 6.07) is 8.46. The van der Waals surface area contributed by atoms with Gasteiger partial charge in [-0.15, -0.1) is 0 Å². The lowest BCUT2D eigenvalue weighted by molar-refractivity contribution is -0.127. The normalized spacial score (nSPS) is 10.8. The summed E-state index contributed by atoms with van der Waals surface area (Å²) in [6.07, 6.45) is 3.72. The van der Waals surface area contributed by atoms with Crippen molar-refractivity contribution in [2.24, 2.45) is 0 Å². The van der Waals surface area contributed by atoms with Crippen molar-refractivity contribution in [1.82, 2.24) is 14.5 Å². The molecule has 3 aromatic rings. The molecule has 0 radical (unpaired) electrons. The van der Waals surface area contributed by atoms with Gasteiger partial charge in [0.25, 0.3) is 0 Å². The Morgan fingerprint density at radius 3 is 2.72 bits per heavy atom. The van der Waals surface area contributed by atoms with E-state index >= 15 is 0 Å². The zero-order chi connectivity index (χ0) is 17.8. The van der Waals surface area contributed by atoms with Crippen LogP contribution in [0.5, 0.6) is 0 Å². The molecule has 0 saturated heterocycles. The fraction of sp³-hybridized carbons (Fsp3) is 0.263. The minimum absolute atomic E-state index is 0.103. The van der Waals surface area contributed by atoms with E-state index in [0.29, 0.717) is 12.3 Å². The second-order valence-electron chi connectivity index (χ2n) is 6.10. The Morgan fingerprint density at radius 1 is 1.28 bits per heavy atom. The van der Waals surface area contributed by atoms with Crippen molar-refractivity contribution in [3.63, 3.8) is 0 Å². The highest BCUT2D eigenvalue weighted by atomic mass is 32.2. The van der Waals surface area contributed by atoms with E-state index in [1.165, 1.54) is 28.5 Å². The molecule has 1 aromatic carbocycles. The van der Waals surface area contributed by atoms with E-state index in [9.17, 15) is 4.79 Å². The van der Waals surface area contributed by atoms with Crippen LogP contribution in [-0.4, -0.2) is 33.2 Å². The van der Waals surface area contributed by atoms with Gasteiger partial charge < -0.3 is 4.90 Å². The summed E-state index contributed by atoms with van der Waals surface area (Å²) in [5, 5.41) is 4.94. The van der Waals surface area contributed by atoms with Crippen LogP contribution in [0.2, 0.25) is 0 Å². The zero-order valence-electron chi connectivity index (χ0n) is 14.6. The molecule has 0 fully saturated rings. The minimum atomic E-state index is 0.103. The Morgan fingerprint density at radius 2 is 2.04 bits per heavy atom. The van der Waals surface area contributed by atoms with Crippen LogP contribution in [0.15, 0.2) is 52.6 Å². The number of aromatic nitrogens is 2. The zero-order valence-corrected chi connectivity index (χ0v) is 16.2. The number of nitrogens with zero attached hydrogens (tertiary/aromatic N) is 3. The van der Waals surface area contributed by atoms with Crippen LogP contribution in [0.3, 0.4) is 0 Å². The number of thioether (sulfide) groups is 1. The van der Waals surface area contributed by atoms with Gasteiger partial charge >= 0.3 is 0 Å². The summed E-state index contributed by atoms with van der Waals surface area (Å²) in [7, 11) is 1.84. The third-order valence-corrected chi connectivity index (χ3v) is 5.53. The Bertz CT molecular complexity index is 835. The Balaban J connectivity index is 1.66. The highest BCUT2D eigenvalue weighted by molar-refractivity contribution is 7.99. The third kappa shape index (κ3) is 4.52. The van der Waals surface area contributed by atoms with Crippen LogP contribution >= 0.6 is 23.1 Å². The maximum atomic E-state index is 12.4. The molecule has 130 valence electrons. The number of aryl methyl sites for hydroxylation is 2. The van der Waals surface area contributed by atoms with Gasteiger partial charge in [-0.05, 0) is 59.5 Å². The molecular weight excluding hydrogens is 350 g/mol. The lowest BCUT2D eigenvalue weighted by atomic mass is 10.1. The van der Waals surface area contributed by atoms with Crippen LogP contribution in [0, 0.1) is 13.8 Å². The Hall–Kier alpha value is -2.05. The van der Waals surface area contributed by atoms with Crippen molar-refractivity contribution in [3.8, 4) is 5.69 Å².